The van der Waals surface area contributed by atoms with Crippen LogP contribution in [0.5, 0.6) is 0 Å². The van der Waals surface area contributed by atoms with Crippen molar-refractivity contribution in [3.63, 3.8) is 0 Å². The van der Waals surface area contributed by atoms with Gasteiger partial charge in [-0.15, -0.1) is 0 Å². The fourth-order valence-corrected chi connectivity index (χ4v) is 1.24. The number of hydrogen-bond acceptors (Lipinski definition) is 5. The van der Waals surface area contributed by atoms with Gasteiger partial charge in [-0.1, -0.05) is 0 Å². The number of ether oxygens (including phenoxy) is 2. The van der Waals surface area contributed by atoms with Crippen LogP contribution in [0, 0.1) is 0 Å². The van der Waals surface area contributed by atoms with Crippen LogP contribution in [0.4, 0.5) is 0 Å². The van der Waals surface area contributed by atoms with Gasteiger partial charge in [0, 0.05) is 13.7 Å². The Morgan fingerprint density at radius 3 is 2.93 bits per heavy atom. The van der Waals surface area contributed by atoms with Crippen molar-refractivity contribution >= 4 is 0 Å². The number of nitrogens with one attached hydrogen (secondary N) is 1. The summed E-state index contributed by atoms with van der Waals surface area (Å²) in [5, 5.41) is 0. The Morgan fingerprint density at radius 2 is 2.33 bits per heavy atom. The molecule has 0 saturated carbocycles. The maximum Gasteiger partial charge on any atom is 0.122 e. The van der Waals surface area contributed by atoms with E-state index < -0.39 is 0 Å². The molecule has 0 spiro atoms. The lowest BCUT2D eigenvalue weighted by Crippen LogP contribution is -2.28. The lowest BCUT2D eigenvalue weighted by Gasteiger charge is -2.13. The molecule has 3 N–H and O–H groups in total. The molecule has 1 aromatic heterocycles. The highest BCUT2D eigenvalue weighted by Gasteiger charge is 2.11. The van der Waals surface area contributed by atoms with Crippen LogP contribution in [0.1, 0.15) is 18.2 Å². The van der Waals surface area contributed by atoms with Crippen LogP contribution in [0.15, 0.2) is 22.8 Å². The van der Waals surface area contributed by atoms with E-state index in [1.54, 1.807) is 13.4 Å². The van der Waals surface area contributed by atoms with E-state index in [0.29, 0.717) is 19.8 Å². The number of rotatable bonds is 8. The Bertz CT molecular complexity index is 239. The van der Waals surface area contributed by atoms with Crippen molar-refractivity contribution < 1.29 is 13.9 Å². The summed E-state index contributed by atoms with van der Waals surface area (Å²) in [5.41, 5.74) is 2.69. The second-order valence-corrected chi connectivity index (χ2v) is 3.13. The minimum absolute atomic E-state index is 0.00236. The number of nitrogens with two attached hydrogens (primary N) is 1. The van der Waals surface area contributed by atoms with Crippen LogP contribution in [-0.4, -0.2) is 26.9 Å². The van der Waals surface area contributed by atoms with E-state index in [0.717, 1.165) is 12.2 Å². The van der Waals surface area contributed by atoms with Crippen LogP contribution in [0.3, 0.4) is 0 Å². The largest absolute Gasteiger partial charge is 0.468 e. The lowest BCUT2D eigenvalue weighted by molar-refractivity contribution is 0.0648. The van der Waals surface area contributed by atoms with Gasteiger partial charge in [-0.05, 0) is 18.6 Å². The molecule has 0 aliphatic heterocycles. The summed E-state index contributed by atoms with van der Waals surface area (Å²) < 4.78 is 15.4. The van der Waals surface area contributed by atoms with Gasteiger partial charge >= 0.3 is 0 Å². The van der Waals surface area contributed by atoms with Crippen LogP contribution in [-0.2, 0) is 9.47 Å². The zero-order valence-corrected chi connectivity index (χ0v) is 8.94. The van der Waals surface area contributed by atoms with Crippen molar-refractivity contribution in [1.82, 2.24) is 5.43 Å². The van der Waals surface area contributed by atoms with Gasteiger partial charge in [-0.3, -0.25) is 5.84 Å². The summed E-state index contributed by atoms with van der Waals surface area (Å²) in [6, 6.07) is 3.73. The molecule has 5 nitrogen and oxygen atoms in total. The molecule has 0 aliphatic rings. The van der Waals surface area contributed by atoms with E-state index in [1.807, 2.05) is 12.1 Å². The van der Waals surface area contributed by atoms with Crippen molar-refractivity contribution in [2.24, 2.45) is 5.84 Å². The first-order chi connectivity index (χ1) is 7.38. The third kappa shape index (κ3) is 4.44. The number of hydrazine groups is 1. The van der Waals surface area contributed by atoms with Crippen LogP contribution >= 0.6 is 0 Å². The van der Waals surface area contributed by atoms with E-state index in [1.165, 1.54) is 0 Å². The molecule has 0 radical (unpaired) electrons. The molecular formula is C10H18N2O3. The summed E-state index contributed by atoms with van der Waals surface area (Å²) in [6.45, 7) is 1.84. The molecular weight excluding hydrogens is 196 g/mol. The quantitative estimate of drug-likeness (QED) is 0.381. The molecule has 0 bridgehead atoms. The van der Waals surface area contributed by atoms with Crippen LogP contribution < -0.4 is 11.3 Å². The zero-order valence-electron chi connectivity index (χ0n) is 8.94. The maximum atomic E-state index is 5.41. The summed E-state index contributed by atoms with van der Waals surface area (Å²) in [6.07, 6.45) is 2.40. The monoisotopic (exact) mass is 214 g/mol. The Hall–Kier alpha value is -0.880. The second kappa shape index (κ2) is 7.42. The van der Waals surface area contributed by atoms with Crippen molar-refractivity contribution in [3.8, 4) is 0 Å². The first-order valence-electron chi connectivity index (χ1n) is 4.94. The normalized spacial score (nSPS) is 12.9. The molecule has 86 valence electrons. The maximum absolute atomic E-state index is 5.41. The number of furan rings is 1. The summed E-state index contributed by atoms with van der Waals surface area (Å²) in [7, 11) is 1.65. The fraction of sp³-hybridized carbons (Fsp3) is 0.600. The van der Waals surface area contributed by atoms with E-state index in [-0.39, 0.29) is 6.04 Å². The highest BCUT2D eigenvalue weighted by Crippen LogP contribution is 2.15. The minimum Gasteiger partial charge on any atom is -0.468 e. The average molecular weight is 214 g/mol. The van der Waals surface area contributed by atoms with Gasteiger partial charge < -0.3 is 13.9 Å². The smallest absolute Gasteiger partial charge is 0.122 e. The van der Waals surface area contributed by atoms with Crippen molar-refractivity contribution in [3.05, 3.63) is 24.2 Å². The molecule has 1 atom stereocenters. The molecule has 5 heteroatoms. The SMILES string of the molecule is COCCOCCC(NN)c1ccco1. The fourth-order valence-electron chi connectivity index (χ4n) is 1.24. The molecule has 0 aromatic carbocycles. The number of hydrogen-bond donors (Lipinski definition) is 2. The Balaban J connectivity index is 2.18. The summed E-state index contributed by atoms with van der Waals surface area (Å²) in [4.78, 5) is 0. The van der Waals surface area contributed by atoms with E-state index in [4.69, 9.17) is 19.7 Å². The predicted molar refractivity (Wildman–Crippen MR) is 56.1 cm³/mol. The predicted octanol–water partition coefficient (Wildman–Crippen LogP) is 0.837. The van der Waals surface area contributed by atoms with Gasteiger partial charge in [0.1, 0.15) is 5.76 Å². The van der Waals surface area contributed by atoms with Crippen molar-refractivity contribution in [2.75, 3.05) is 26.9 Å². The van der Waals surface area contributed by atoms with Gasteiger partial charge in [0.15, 0.2) is 0 Å². The topological polar surface area (TPSA) is 69.7 Å². The molecule has 1 heterocycles. The number of methoxy groups -OCH3 is 1. The Labute approximate surface area is 89.5 Å². The van der Waals surface area contributed by atoms with Crippen LogP contribution in [0.2, 0.25) is 0 Å². The molecule has 0 amide bonds. The molecule has 1 aromatic rings. The molecule has 0 saturated heterocycles. The minimum atomic E-state index is 0.00236. The lowest BCUT2D eigenvalue weighted by atomic mass is 10.2. The summed E-state index contributed by atoms with van der Waals surface area (Å²) in [5.74, 6) is 6.24. The third-order valence-electron chi connectivity index (χ3n) is 2.07. The van der Waals surface area contributed by atoms with Gasteiger partial charge in [0.2, 0.25) is 0 Å². The standard InChI is InChI=1S/C10H18N2O3/c1-13-7-8-14-6-4-9(12-11)10-3-2-5-15-10/h2-3,5,9,12H,4,6-8,11H2,1H3. The molecule has 1 rings (SSSR count). The first kappa shape index (κ1) is 12.2. The highest BCUT2D eigenvalue weighted by atomic mass is 16.5. The van der Waals surface area contributed by atoms with Crippen LogP contribution in [0.25, 0.3) is 0 Å². The molecule has 0 aliphatic carbocycles. The van der Waals surface area contributed by atoms with E-state index >= 15 is 0 Å². The zero-order chi connectivity index (χ0) is 10.9. The molecule has 1 unspecified atom stereocenters. The second-order valence-electron chi connectivity index (χ2n) is 3.13. The van der Waals surface area contributed by atoms with Gasteiger partial charge in [0.25, 0.3) is 0 Å². The molecule has 15 heavy (non-hydrogen) atoms. The van der Waals surface area contributed by atoms with E-state index in [2.05, 4.69) is 5.43 Å². The van der Waals surface area contributed by atoms with Gasteiger partial charge in [-0.2, -0.15) is 0 Å². The third-order valence-corrected chi connectivity index (χ3v) is 2.07. The highest BCUT2D eigenvalue weighted by molar-refractivity contribution is 5.03. The van der Waals surface area contributed by atoms with Crippen molar-refractivity contribution in [1.29, 1.82) is 0 Å². The Kier molecular flexibility index (Phi) is 6.03. The van der Waals surface area contributed by atoms with E-state index in [9.17, 15) is 0 Å². The van der Waals surface area contributed by atoms with Crippen molar-refractivity contribution in [2.45, 2.75) is 12.5 Å². The Morgan fingerprint density at radius 1 is 1.47 bits per heavy atom. The van der Waals surface area contributed by atoms with Gasteiger partial charge in [-0.25, -0.2) is 5.43 Å². The average Bonchev–Trinajstić information content (AvgIpc) is 2.77. The first-order valence-corrected chi connectivity index (χ1v) is 4.94. The summed E-state index contributed by atoms with van der Waals surface area (Å²) >= 11 is 0. The molecule has 0 fully saturated rings. The van der Waals surface area contributed by atoms with Gasteiger partial charge in [0.05, 0.1) is 25.5 Å².